The van der Waals surface area contributed by atoms with Crippen molar-refractivity contribution in [3.05, 3.63) is 23.9 Å². The van der Waals surface area contributed by atoms with Gasteiger partial charge < -0.3 is 8.83 Å². The second kappa shape index (κ2) is 2.48. The molecule has 0 atom stereocenters. The summed E-state index contributed by atoms with van der Waals surface area (Å²) in [4.78, 5) is 8.05. The summed E-state index contributed by atoms with van der Waals surface area (Å²) in [6.07, 6.45) is 3.20. The first kappa shape index (κ1) is 7.09. The van der Waals surface area contributed by atoms with Crippen molar-refractivity contribution in [3.8, 4) is 11.8 Å². The fourth-order valence-electron chi connectivity index (χ4n) is 0.906. The molecule has 2 aromatic heterocycles. The summed E-state index contributed by atoms with van der Waals surface area (Å²) >= 11 is 0. The van der Waals surface area contributed by atoms with E-state index in [0.717, 1.165) is 11.5 Å². The van der Waals surface area contributed by atoms with Crippen LogP contribution in [-0.4, -0.2) is 9.97 Å². The highest BCUT2D eigenvalue weighted by molar-refractivity contribution is 5.37. The molecule has 0 aliphatic carbocycles. The van der Waals surface area contributed by atoms with Crippen LogP contribution in [0.1, 0.15) is 11.5 Å². The molecule has 0 saturated carbocycles. The Morgan fingerprint density at radius 3 is 2.58 bits per heavy atom. The summed E-state index contributed by atoms with van der Waals surface area (Å²) in [5.41, 5.74) is 0.820. The van der Waals surface area contributed by atoms with Crippen LogP contribution in [0, 0.1) is 13.8 Å². The van der Waals surface area contributed by atoms with E-state index in [-0.39, 0.29) is 0 Å². The van der Waals surface area contributed by atoms with Gasteiger partial charge in [0.2, 0.25) is 0 Å². The molecule has 0 amide bonds. The second-order valence-corrected chi connectivity index (χ2v) is 2.57. The molecule has 0 fully saturated rings. The van der Waals surface area contributed by atoms with Crippen molar-refractivity contribution in [2.75, 3.05) is 0 Å². The van der Waals surface area contributed by atoms with E-state index in [1.165, 1.54) is 0 Å². The van der Waals surface area contributed by atoms with Gasteiger partial charge in [-0.05, 0) is 13.8 Å². The van der Waals surface area contributed by atoms with Gasteiger partial charge in [0, 0.05) is 0 Å². The average Bonchev–Trinajstić information content (AvgIpc) is 2.58. The molecule has 4 heteroatoms. The number of hydrogen-bond acceptors (Lipinski definition) is 4. The van der Waals surface area contributed by atoms with Crippen molar-refractivity contribution in [3.63, 3.8) is 0 Å². The maximum Gasteiger partial charge on any atom is 0.283 e. The standard InChI is InChI=1S/C8H8N2O2/c1-5-4-11-8(10-5)7-9-3-6(2)12-7/h3-4H,1-2H3. The molecule has 0 bridgehead atoms. The van der Waals surface area contributed by atoms with Crippen molar-refractivity contribution < 1.29 is 8.83 Å². The third-order valence-corrected chi connectivity index (χ3v) is 1.42. The van der Waals surface area contributed by atoms with Crippen LogP contribution < -0.4 is 0 Å². The zero-order valence-electron chi connectivity index (χ0n) is 6.87. The van der Waals surface area contributed by atoms with E-state index in [0.29, 0.717) is 11.8 Å². The molecule has 0 saturated heterocycles. The lowest BCUT2D eigenvalue weighted by Crippen LogP contribution is -1.75. The Morgan fingerprint density at radius 2 is 2.08 bits per heavy atom. The van der Waals surface area contributed by atoms with Crippen molar-refractivity contribution in [1.82, 2.24) is 9.97 Å². The van der Waals surface area contributed by atoms with E-state index in [2.05, 4.69) is 9.97 Å². The first-order chi connectivity index (χ1) is 5.75. The zero-order valence-corrected chi connectivity index (χ0v) is 6.87. The van der Waals surface area contributed by atoms with Gasteiger partial charge in [-0.15, -0.1) is 0 Å². The van der Waals surface area contributed by atoms with Gasteiger partial charge in [-0.2, -0.15) is 0 Å². The predicted molar refractivity (Wildman–Crippen MR) is 41.5 cm³/mol. The van der Waals surface area contributed by atoms with Crippen LogP contribution in [0.2, 0.25) is 0 Å². The fourth-order valence-corrected chi connectivity index (χ4v) is 0.906. The number of nitrogens with zero attached hydrogens (tertiary/aromatic N) is 2. The number of aryl methyl sites for hydroxylation is 2. The van der Waals surface area contributed by atoms with Crippen molar-refractivity contribution in [1.29, 1.82) is 0 Å². The molecule has 12 heavy (non-hydrogen) atoms. The smallest absolute Gasteiger partial charge is 0.283 e. The number of oxazole rings is 2. The molecule has 0 aliphatic rings. The molecular formula is C8H8N2O2. The van der Waals surface area contributed by atoms with E-state index in [9.17, 15) is 0 Å². The van der Waals surface area contributed by atoms with Crippen LogP contribution in [0.5, 0.6) is 0 Å². The SMILES string of the molecule is Cc1coc(-c2ncc(C)o2)n1. The number of aromatic nitrogens is 2. The van der Waals surface area contributed by atoms with E-state index in [1.54, 1.807) is 12.5 Å². The van der Waals surface area contributed by atoms with Gasteiger partial charge in [0.15, 0.2) is 0 Å². The summed E-state index contributed by atoms with van der Waals surface area (Å²) in [6, 6.07) is 0. The van der Waals surface area contributed by atoms with Gasteiger partial charge in [0.25, 0.3) is 11.8 Å². The molecular weight excluding hydrogens is 156 g/mol. The summed E-state index contributed by atoms with van der Waals surface area (Å²) in [5.74, 6) is 1.61. The molecule has 0 aromatic carbocycles. The van der Waals surface area contributed by atoms with Gasteiger partial charge in [-0.3, -0.25) is 0 Å². The Labute approximate surface area is 69.2 Å². The number of rotatable bonds is 1. The molecule has 0 aliphatic heterocycles. The van der Waals surface area contributed by atoms with E-state index >= 15 is 0 Å². The normalized spacial score (nSPS) is 10.5. The topological polar surface area (TPSA) is 52.1 Å². The predicted octanol–water partition coefficient (Wildman–Crippen LogP) is 1.95. The second-order valence-electron chi connectivity index (χ2n) is 2.57. The summed E-state index contributed by atoms with van der Waals surface area (Å²) in [7, 11) is 0. The van der Waals surface area contributed by atoms with E-state index in [4.69, 9.17) is 8.83 Å². The minimum Gasteiger partial charge on any atom is -0.441 e. The first-order valence-electron chi connectivity index (χ1n) is 3.60. The minimum atomic E-state index is 0.431. The molecule has 4 nitrogen and oxygen atoms in total. The van der Waals surface area contributed by atoms with E-state index in [1.807, 2.05) is 13.8 Å². The molecule has 0 N–H and O–H groups in total. The zero-order chi connectivity index (χ0) is 8.55. The highest BCUT2D eigenvalue weighted by atomic mass is 16.4. The van der Waals surface area contributed by atoms with E-state index < -0.39 is 0 Å². The van der Waals surface area contributed by atoms with Crippen LogP contribution in [-0.2, 0) is 0 Å². The number of hydrogen-bond donors (Lipinski definition) is 0. The maximum atomic E-state index is 5.22. The molecule has 62 valence electrons. The van der Waals surface area contributed by atoms with Gasteiger partial charge in [-0.1, -0.05) is 0 Å². The molecule has 2 rings (SSSR count). The van der Waals surface area contributed by atoms with Crippen molar-refractivity contribution in [2.24, 2.45) is 0 Å². The van der Waals surface area contributed by atoms with Crippen LogP contribution >= 0.6 is 0 Å². The lowest BCUT2D eigenvalue weighted by molar-refractivity contribution is 0.494. The maximum absolute atomic E-state index is 5.22. The lowest BCUT2D eigenvalue weighted by Gasteiger charge is -1.83. The first-order valence-corrected chi connectivity index (χ1v) is 3.60. The third kappa shape index (κ3) is 1.11. The Morgan fingerprint density at radius 1 is 1.25 bits per heavy atom. The molecule has 0 unspecified atom stereocenters. The lowest BCUT2D eigenvalue weighted by atomic mass is 10.6. The summed E-state index contributed by atoms with van der Waals surface area (Å²) < 4.78 is 10.3. The molecule has 2 heterocycles. The van der Waals surface area contributed by atoms with Gasteiger partial charge >= 0.3 is 0 Å². The third-order valence-electron chi connectivity index (χ3n) is 1.42. The van der Waals surface area contributed by atoms with Crippen LogP contribution in [0.25, 0.3) is 11.8 Å². The van der Waals surface area contributed by atoms with Crippen molar-refractivity contribution >= 4 is 0 Å². The Bertz CT molecular complexity index is 351. The van der Waals surface area contributed by atoms with Crippen LogP contribution in [0.3, 0.4) is 0 Å². The largest absolute Gasteiger partial charge is 0.441 e. The average molecular weight is 164 g/mol. The highest BCUT2D eigenvalue weighted by Gasteiger charge is 2.09. The Hall–Kier alpha value is -1.58. The van der Waals surface area contributed by atoms with Gasteiger partial charge in [0.1, 0.15) is 12.0 Å². The summed E-state index contributed by atoms with van der Waals surface area (Å²) in [6.45, 7) is 3.68. The monoisotopic (exact) mass is 164 g/mol. The Kier molecular flexibility index (Phi) is 1.46. The Balaban J connectivity index is 2.43. The fraction of sp³-hybridized carbons (Fsp3) is 0.250. The molecule has 2 aromatic rings. The van der Waals surface area contributed by atoms with Crippen molar-refractivity contribution in [2.45, 2.75) is 13.8 Å². The van der Waals surface area contributed by atoms with Crippen LogP contribution in [0.4, 0.5) is 0 Å². The molecule has 0 spiro atoms. The summed E-state index contributed by atoms with van der Waals surface area (Å²) in [5, 5.41) is 0. The van der Waals surface area contributed by atoms with Crippen LogP contribution in [0.15, 0.2) is 21.3 Å². The molecule has 0 radical (unpaired) electrons. The minimum absolute atomic E-state index is 0.431. The van der Waals surface area contributed by atoms with Gasteiger partial charge in [0.05, 0.1) is 11.9 Å². The van der Waals surface area contributed by atoms with Gasteiger partial charge in [-0.25, -0.2) is 9.97 Å². The highest BCUT2D eigenvalue weighted by Crippen LogP contribution is 2.17. The quantitative estimate of drug-likeness (QED) is 0.646.